The Balaban J connectivity index is 1.02. The van der Waals surface area contributed by atoms with E-state index in [2.05, 4.69) is 206 Å². The minimum Gasteiger partial charge on any atom is -0.455 e. The van der Waals surface area contributed by atoms with Crippen molar-refractivity contribution in [1.29, 1.82) is 0 Å². The molecule has 12 rings (SSSR count). The van der Waals surface area contributed by atoms with Gasteiger partial charge in [-0.05, 0) is 111 Å². The van der Waals surface area contributed by atoms with Crippen LogP contribution in [0.1, 0.15) is 0 Å². The molecule has 0 amide bonds. The molecule has 1 aromatic heterocycles. The summed E-state index contributed by atoms with van der Waals surface area (Å²) in [5.74, 6) is 0. The molecule has 12 aromatic rings. The van der Waals surface area contributed by atoms with E-state index in [4.69, 9.17) is 4.42 Å². The average molecular weight is 723 g/mol. The molecular weight excluding hydrogens is 689 g/mol. The summed E-state index contributed by atoms with van der Waals surface area (Å²) in [6, 6.07) is 75.2. The summed E-state index contributed by atoms with van der Waals surface area (Å²) in [5.41, 5.74) is 11.6. The second-order valence-corrected chi connectivity index (χ2v) is 15.1. The van der Waals surface area contributed by atoms with Crippen LogP contribution in [-0.4, -0.2) is 0 Å². The van der Waals surface area contributed by atoms with E-state index >= 15 is 0 Å². The first-order valence-corrected chi connectivity index (χ1v) is 19.7. The lowest BCUT2D eigenvalue weighted by molar-refractivity contribution is 0.673. The number of rotatable bonds is 4. The fourth-order valence-electron chi connectivity index (χ4n) is 9.48. The van der Waals surface area contributed by atoms with Crippen LogP contribution in [0, 0.1) is 0 Å². The van der Waals surface area contributed by atoms with Crippen molar-refractivity contribution in [3.63, 3.8) is 0 Å². The lowest BCUT2D eigenvalue weighted by Crippen LogP contribution is -1.91. The summed E-state index contributed by atoms with van der Waals surface area (Å²) >= 11 is 0. The Labute approximate surface area is 329 Å². The van der Waals surface area contributed by atoms with Gasteiger partial charge in [-0.15, -0.1) is 0 Å². The SMILES string of the molecule is c1cc(-c2ccc3oc4c5ccccc5c5ccccc5c4c3c2)cc(-c2c3ccccc3c(-c3ccc(-c4cccc5ccccc45)cc3)c3ccccc23)c1. The first-order valence-electron chi connectivity index (χ1n) is 19.7. The Hall–Kier alpha value is -7.48. The van der Waals surface area contributed by atoms with Gasteiger partial charge in [-0.1, -0.05) is 188 Å². The maximum Gasteiger partial charge on any atom is 0.143 e. The Morgan fingerprint density at radius 3 is 1.44 bits per heavy atom. The quantitative estimate of drug-likeness (QED) is 0.130. The van der Waals surface area contributed by atoms with E-state index in [1.54, 1.807) is 0 Å². The summed E-state index contributed by atoms with van der Waals surface area (Å²) in [4.78, 5) is 0. The molecule has 0 atom stereocenters. The van der Waals surface area contributed by atoms with Crippen molar-refractivity contribution >= 4 is 75.8 Å². The largest absolute Gasteiger partial charge is 0.455 e. The van der Waals surface area contributed by atoms with E-state index in [-0.39, 0.29) is 0 Å². The van der Waals surface area contributed by atoms with Gasteiger partial charge in [-0.25, -0.2) is 0 Å². The van der Waals surface area contributed by atoms with Gasteiger partial charge in [0, 0.05) is 16.2 Å². The second kappa shape index (κ2) is 12.5. The topological polar surface area (TPSA) is 13.1 Å². The highest BCUT2D eigenvalue weighted by molar-refractivity contribution is 6.30. The fraction of sp³-hybridized carbons (Fsp3) is 0. The van der Waals surface area contributed by atoms with Crippen molar-refractivity contribution in [3.8, 4) is 44.5 Å². The summed E-state index contributed by atoms with van der Waals surface area (Å²) in [6.45, 7) is 0. The van der Waals surface area contributed by atoms with Gasteiger partial charge in [0.25, 0.3) is 0 Å². The molecule has 0 saturated heterocycles. The summed E-state index contributed by atoms with van der Waals surface area (Å²) < 4.78 is 6.65. The summed E-state index contributed by atoms with van der Waals surface area (Å²) in [7, 11) is 0. The zero-order valence-corrected chi connectivity index (χ0v) is 31.0. The van der Waals surface area contributed by atoms with Gasteiger partial charge in [0.1, 0.15) is 11.2 Å². The molecule has 1 heterocycles. The summed E-state index contributed by atoms with van der Waals surface area (Å²) in [5, 5.41) is 14.7. The number of hydrogen-bond donors (Lipinski definition) is 0. The Kier molecular flexibility index (Phi) is 7.00. The van der Waals surface area contributed by atoms with Crippen molar-refractivity contribution in [2.75, 3.05) is 0 Å². The Bertz CT molecular complexity index is 3510. The highest BCUT2D eigenvalue weighted by Crippen LogP contribution is 2.46. The lowest BCUT2D eigenvalue weighted by atomic mass is 9.85. The number of fused-ring (bicyclic) bond motifs is 11. The normalized spacial score (nSPS) is 11.9. The molecule has 0 unspecified atom stereocenters. The van der Waals surface area contributed by atoms with Crippen molar-refractivity contribution in [2.24, 2.45) is 0 Å². The Morgan fingerprint density at radius 1 is 0.263 bits per heavy atom. The molecule has 1 nitrogen and oxygen atoms in total. The van der Waals surface area contributed by atoms with Gasteiger partial charge in [-0.2, -0.15) is 0 Å². The number of hydrogen-bond acceptors (Lipinski definition) is 1. The molecule has 0 fully saturated rings. The molecular formula is C56H34O. The predicted molar refractivity (Wildman–Crippen MR) is 243 cm³/mol. The zero-order valence-electron chi connectivity index (χ0n) is 31.0. The van der Waals surface area contributed by atoms with Crippen LogP contribution < -0.4 is 0 Å². The molecule has 0 saturated carbocycles. The maximum atomic E-state index is 6.65. The van der Waals surface area contributed by atoms with Crippen LogP contribution in [0.25, 0.3) is 120 Å². The third-order valence-corrected chi connectivity index (χ3v) is 12.0. The smallest absolute Gasteiger partial charge is 0.143 e. The predicted octanol–water partition coefficient (Wildman–Crippen LogP) is 16.0. The van der Waals surface area contributed by atoms with Gasteiger partial charge < -0.3 is 4.42 Å². The van der Waals surface area contributed by atoms with Crippen LogP contribution in [-0.2, 0) is 0 Å². The van der Waals surface area contributed by atoms with Gasteiger partial charge in [0.15, 0.2) is 0 Å². The van der Waals surface area contributed by atoms with Crippen LogP contribution in [0.4, 0.5) is 0 Å². The molecule has 0 N–H and O–H groups in total. The molecule has 264 valence electrons. The molecule has 11 aromatic carbocycles. The van der Waals surface area contributed by atoms with Gasteiger partial charge in [0.05, 0.1) is 0 Å². The van der Waals surface area contributed by atoms with Gasteiger partial charge in [-0.3, -0.25) is 0 Å². The molecule has 0 bridgehead atoms. The van der Waals surface area contributed by atoms with Crippen molar-refractivity contribution in [1.82, 2.24) is 0 Å². The van der Waals surface area contributed by atoms with Crippen LogP contribution in [0.2, 0.25) is 0 Å². The molecule has 0 aliphatic heterocycles. The lowest BCUT2D eigenvalue weighted by Gasteiger charge is -2.18. The average Bonchev–Trinajstić information content (AvgIpc) is 3.68. The molecule has 0 radical (unpaired) electrons. The molecule has 0 aliphatic rings. The first-order chi connectivity index (χ1) is 28.3. The Morgan fingerprint density at radius 2 is 0.737 bits per heavy atom. The monoisotopic (exact) mass is 722 g/mol. The number of benzene rings is 11. The minimum absolute atomic E-state index is 0.907. The van der Waals surface area contributed by atoms with E-state index in [0.717, 1.165) is 21.9 Å². The standard InChI is InChI=1S/C56H34O/c1-2-17-41-35(13-1)14-12-26-42(41)36-27-29-37(30-28-36)53-46-21-6-8-23-48(46)54(49-24-9-7-22-47(49)53)40-16-11-15-38(33-40)39-31-32-52-51(34-39)55-45-20-5-3-18-43(45)44-19-4-10-25-50(44)56(55)57-52/h1-34H. The van der Waals surface area contributed by atoms with Crippen molar-refractivity contribution < 1.29 is 4.42 Å². The highest BCUT2D eigenvalue weighted by atomic mass is 16.3. The molecule has 57 heavy (non-hydrogen) atoms. The highest BCUT2D eigenvalue weighted by Gasteiger charge is 2.19. The minimum atomic E-state index is 0.907. The number of furan rings is 1. The van der Waals surface area contributed by atoms with E-state index < -0.39 is 0 Å². The van der Waals surface area contributed by atoms with Gasteiger partial charge >= 0.3 is 0 Å². The van der Waals surface area contributed by atoms with Crippen molar-refractivity contribution in [3.05, 3.63) is 206 Å². The van der Waals surface area contributed by atoms with Crippen molar-refractivity contribution in [2.45, 2.75) is 0 Å². The van der Waals surface area contributed by atoms with Crippen LogP contribution in [0.5, 0.6) is 0 Å². The molecule has 0 spiro atoms. The van der Waals surface area contributed by atoms with Gasteiger partial charge in [0.2, 0.25) is 0 Å². The van der Waals surface area contributed by atoms with E-state index in [1.165, 1.54) is 98.4 Å². The van der Waals surface area contributed by atoms with Crippen LogP contribution in [0.15, 0.2) is 211 Å². The third kappa shape index (κ3) is 4.89. The van der Waals surface area contributed by atoms with E-state index in [1.807, 2.05) is 0 Å². The zero-order chi connectivity index (χ0) is 37.5. The third-order valence-electron chi connectivity index (χ3n) is 12.0. The van der Waals surface area contributed by atoms with Crippen LogP contribution in [0.3, 0.4) is 0 Å². The molecule has 0 aliphatic carbocycles. The van der Waals surface area contributed by atoms with Crippen LogP contribution >= 0.6 is 0 Å². The fourth-order valence-corrected chi connectivity index (χ4v) is 9.48. The van der Waals surface area contributed by atoms with E-state index in [9.17, 15) is 0 Å². The summed E-state index contributed by atoms with van der Waals surface area (Å²) in [6.07, 6.45) is 0. The molecule has 1 heteroatoms. The second-order valence-electron chi connectivity index (χ2n) is 15.1. The first kappa shape index (κ1) is 31.8. The maximum absolute atomic E-state index is 6.65. The van der Waals surface area contributed by atoms with E-state index in [0.29, 0.717) is 0 Å².